The Hall–Kier alpha value is -2.76. The Balaban J connectivity index is 2.09. The van der Waals surface area contributed by atoms with Gasteiger partial charge in [0.05, 0.1) is 0 Å². The molecular formula is C15H18N6. The van der Waals surface area contributed by atoms with Gasteiger partial charge in [0.2, 0.25) is 0 Å². The van der Waals surface area contributed by atoms with Crippen LogP contribution in [0.1, 0.15) is 18.7 Å². The van der Waals surface area contributed by atoms with Crippen LogP contribution in [0.2, 0.25) is 0 Å². The summed E-state index contributed by atoms with van der Waals surface area (Å²) in [6.07, 6.45) is 8.60. The van der Waals surface area contributed by atoms with Gasteiger partial charge in [-0.15, -0.1) is 23.4 Å². The van der Waals surface area contributed by atoms with Crippen molar-refractivity contribution in [3.8, 4) is 5.82 Å². The van der Waals surface area contributed by atoms with Crippen LogP contribution in [0.4, 0.5) is 5.82 Å². The van der Waals surface area contributed by atoms with Gasteiger partial charge in [-0.3, -0.25) is 9.99 Å². The Bertz CT molecular complexity index is 626. The lowest BCUT2D eigenvalue weighted by atomic mass is 10.2. The molecule has 0 bridgehead atoms. The molecule has 6 heteroatoms. The van der Waals surface area contributed by atoms with E-state index in [4.69, 9.17) is 0 Å². The first-order chi connectivity index (χ1) is 10.2. The number of hydrogen-bond acceptors (Lipinski definition) is 5. The third-order valence-corrected chi connectivity index (χ3v) is 2.81. The maximum atomic E-state index is 4.29. The summed E-state index contributed by atoms with van der Waals surface area (Å²) in [5.41, 5.74) is 3.84. The van der Waals surface area contributed by atoms with Crippen molar-refractivity contribution in [2.45, 2.75) is 19.8 Å². The molecule has 0 atom stereocenters. The molecule has 0 aliphatic rings. The summed E-state index contributed by atoms with van der Waals surface area (Å²) in [5.74, 6) is 2.17. The Labute approximate surface area is 123 Å². The number of rotatable bonds is 7. The van der Waals surface area contributed by atoms with E-state index in [-0.39, 0.29) is 0 Å². The molecule has 0 radical (unpaired) electrons. The number of nitrogens with zero attached hydrogens (tertiary/aromatic N) is 5. The molecule has 0 spiro atoms. The number of aryl methyl sites for hydroxylation is 1. The van der Waals surface area contributed by atoms with E-state index >= 15 is 0 Å². The van der Waals surface area contributed by atoms with E-state index in [0.717, 1.165) is 17.4 Å². The second-order valence-corrected chi connectivity index (χ2v) is 4.40. The minimum absolute atomic E-state index is 0.585. The SMILES string of the molecule is C=CCC(CC=C)=NNc1ccc(-n2ccnc2C)nn1. The average Bonchev–Trinajstić information content (AvgIpc) is 2.92. The predicted molar refractivity (Wildman–Crippen MR) is 84.6 cm³/mol. The third kappa shape index (κ3) is 3.85. The van der Waals surface area contributed by atoms with Crippen molar-refractivity contribution in [1.82, 2.24) is 19.7 Å². The van der Waals surface area contributed by atoms with Gasteiger partial charge in [0.25, 0.3) is 0 Å². The van der Waals surface area contributed by atoms with E-state index in [0.29, 0.717) is 18.7 Å². The smallest absolute Gasteiger partial charge is 0.168 e. The topological polar surface area (TPSA) is 68.0 Å². The molecule has 0 fully saturated rings. The number of nitrogens with one attached hydrogen (secondary N) is 1. The Morgan fingerprint density at radius 1 is 1.29 bits per heavy atom. The summed E-state index contributed by atoms with van der Waals surface area (Å²) in [6, 6.07) is 3.69. The molecule has 0 aliphatic carbocycles. The molecular weight excluding hydrogens is 264 g/mol. The van der Waals surface area contributed by atoms with Crippen molar-refractivity contribution in [3.05, 3.63) is 55.7 Å². The van der Waals surface area contributed by atoms with Crippen LogP contribution in [0, 0.1) is 6.92 Å². The maximum absolute atomic E-state index is 4.29. The van der Waals surface area contributed by atoms with E-state index in [2.05, 4.69) is 38.9 Å². The van der Waals surface area contributed by atoms with E-state index in [1.54, 1.807) is 18.3 Å². The molecule has 0 aliphatic heterocycles. The van der Waals surface area contributed by atoms with E-state index in [1.807, 2.05) is 29.8 Å². The first-order valence-electron chi connectivity index (χ1n) is 6.62. The normalized spacial score (nSPS) is 9.95. The molecule has 0 saturated carbocycles. The van der Waals surface area contributed by atoms with Gasteiger partial charge in [-0.25, -0.2) is 4.98 Å². The molecule has 1 N–H and O–H groups in total. The molecule has 21 heavy (non-hydrogen) atoms. The summed E-state index contributed by atoms with van der Waals surface area (Å²) in [5, 5.41) is 12.5. The number of hydrazone groups is 1. The highest BCUT2D eigenvalue weighted by Crippen LogP contribution is 2.09. The highest BCUT2D eigenvalue weighted by atomic mass is 15.4. The lowest BCUT2D eigenvalue weighted by Crippen LogP contribution is -2.04. The van der Waals surface area contributed by atoms with Crippen molar-refractivity contribution in [2.75, 3.05) is 5.43 Å². The molecule has 2 aromatic rings. The summed E-state index contributed by atoms with van der Waals surface area (Å²) in [4.78, 5) is 4.15. The third-order valence-electron chi connectivity index (χ3n) is 2.81. The van der Waals surface area contributed by atoms with Crippen LogP contribution in [0.3, 0.4) is 0 Å². The number of imidazole rings is 1. The first kappa shape index (κ1) is 14.6. The molecule has 2 rings (SSSR count). The molecule has 2 aromatic heterocycles. The molecule has 108 valence electrons. The summed E-state index contributed by atoms with van der Waals surface area (Å²) < 4.78 is 1.86. The van der Waals surface area contributed by atoms with Crippen LogP contribution in [0.5, 0.6) is 0 Å². The van der Waals surface area contributed by atoms with Crippen molar-refractivity contribution in [2.24, 2.45) is 5.10 Å². The van der Waals surface area contributed by atoms with Crippen LogP contribution >= 0.6 is 0 Å². The zero-order valence-corrected chi connectivity index (χ0v) is 12.0. The number of aromatic nitrogens is 4. The zero-order valence-electron chi connectivity index (χ0n) is 12.0. The Kier molecular flexibility index (Phi) is 4.98. The van der Waals surface area contributed by atoms with Crippen LogP contribution < -0.4 is 5.43 Å². The van der Waals surface area contributed by atoms with Crippen molar-refractivity contribution >= 4 is 11.5 Å². The van der Waals surface area contributed by atoms with Crippen LogP contribution in [-0.4, -0.2) is 25.5 Å². The van der Waals surface area contributed by atoms with Gasteiger partial charge >= 0.3 is 0 Å². The molecule has 0 amide bonds. The van der Waals surface area contributed by atoms with E-state index in [1.165, 1.54) is 0 Å². The molecule has 0 unspecified atom stereocenters. The molecule has 0 aromatic carbocycles. The zero-order chi connectivity index (χ0) is 15.1. The van der Waals surface area contributed by atoms with Gasteiger partial charge in [-0.1, -0.05) is 12.2 Å². The number of allylic oxidation sites excluding steroid dienone is 2. The lowest BCUT2D eigenvalue weighted by Gasteiger charge is -2.05. The molecule has 2 heterocycles. The van der Waals surface area contributed by atoms with Crippen LogP contribution in [0.25, 0.3) is 5.82 Å². The fraction of sp³-hybridized carbons (Fsp3) is 0.200. The maximum Gasteiger partial charge on any atom is 0.168 e. The van der Waals surface area contributed by atoms with Crippen molar-refractivity contribution in [3.63, 3.8) is 0 Å². The minimum Gasteiger partial charge on any atom is -0.287 e. The summed E-state index contributed by atoms with van der Waals surface area (Å²) in [6.45, 7) is 9.32. The molecule has 6 nitrogen and oxygen atoms in total. The standard InChI is InChI=1S/C15H18N6/c1-4-6-13(7-5-2)17-18-14-8-9-15(20-19-14)21-11-10-16-12(21)3/h4-5,8-11H,1-2,6-7H2,3H3,(H,18,19). The van der Waals surface area contributed by atoms with Gasteiger partial charge in [0, 0.05) is 30.9 Å². The van der Waals surface area contributed by atoms with Crippen LogP contribution in [-0.2, 0) is 0 Å². The number of anilines is 1. The Morgan fingerprint density at radius 2 is 2.05 bits per heavy atom. The predicted octanol–water partition coefficient (Wildman–Crippen LogP) is 2.89. The quantitative estimate of drug-likeness (QED) is 0.481. The van der Waals surface area contributed by atoms with Crippen molar-refractivity contribution < 1.29 is 0 Å². The minimum atomic E-state index is 0.585. The number of hydrogen-bond donors (Lipinski definition) is 1. The highest BCUT2D eigenvalue weighted by Gasteiger charge is 2.03. The van der Waals surface area contributed by atoms with E-state index < -0.39 is 0 Å². The highest BCUT2D eigenvalue weighted by molar-refractivity contribution is 5.87. The van der Waals surface area contributed by atoms with Crippen LogP contribution in [0.15, 0.2) is 54.9 Å². The van der Waals surface area contributed by atoms with Gasteiger partial charge in [0.15, 0.2) is 11.6 Å². The van der Waals surface area contributed by atoms with Crippen molar-refractivity contribution in [1.29, 1.82) is 0 Å². The van der Waals surface area contributed by atoms with Gasteiger partial charge < -0.3 is 0 Å². The second-order valence-electron chi connectivity index (χ2n) is 4.40. The average molecular weight is 282 g/mol. The van der Waals surface area contributed by atoms with Gasteiger partial charge in [-0.05, 0) is 19.1 Å². The summed E-state index contributed by atoms with van der Waals surface area (Å²) in [7, 11) is 0. The first-order valence-corrected chi connectivity index (χ1v) is 6.62. The molecule has 0 saturated heterocycles. The van der Waals surface area contributed by atoms with Gasteiger partial charge in [-0.2, -0.15) is 5.10 Å². The summed E-state index contributed by atoms with van der Waals surface area (Å²) >= 11 is 0. The lowest BCUT2D eigenvalue weighted by molar-refractivity contribution is 0.879. The second kappa shape index (κ2) is 7.14. The fourth-order valence-electron chi connectivity index (χ4n) is 1.78. The Morgan fingerprint density at radius 3 is 2.57 bits per heavy atom. The fourth-order valence-corrected chi connectivity index (χ4v) is 1.78. The monoisotopic (exact) mass is 282 g/mol. The van der Waals surface area contributed by atoms with Gasteiger partial charge in [0.1, 0.15) is 5.82 Å². The largest absolute Gasteiger partial charge is 0.287 e. The van der Waals surface area contributed by atoms with E-state index in [9.17, 15) is 0 Å².